The molecule has 0 radical (unpaired) electrons. The van der Waals surface area contributed by atoms with E-state index in [1.54, 1.807) is 128 Å². The van der Waals surface area contributed by atoms with Crippen molar-refractivity contribution < 1.29 is 66.7 Å². The van der Waals surface area contributed by atoms with Crippen molar-refractivity contribution in [3.05, 3.63) is 129 Å². The Bertz CT molecular complexity index is 2530. The molecule has 436 valence electrons. The lowest BCUT2D eigenvalue weighted by Crippen LogP contribution is -2.40. The highest BCUT2D eigenvalue weighted by molar-refractivity contribution is 6.31. The standard InChI is InChI=1S/C30H40ClN3O8.C25H32ClN3O6.CH4.ClH/c1-29(2,3)42-27(37)33-17-7-19-34(6)28(38)40-20-39-26(36)30(4,5)41-24-14-8-21(9-15-24)16-18-32-25(35)22-10-12-23(31)13-11-22;1-25(2,23(31)33-17-34-24(32)29(3)16-4-14-27)35-21-11-5-18(6-12-21)13-15-28-22(30)19-7-9-20(26)10-8-19;;/h8-15H,7,16-20H2,1-6H3,(H,32,35)(H,33,37);5-12H,4,13-17,27H2,1-3H3,(H,28,30);1H4;1H. The summed E-state index contributed by atoms with van der Waals surface area (Å²) in [5.74, 6) is -0.828. The van der Waals surface area contributed by atoms with Gasteiger partial charge in [0.15, 0.2) is 11.2 Å². The molecule has 79 heavy (non-hydrogen) atoms. The summed E-state index contributed by atoms with van der Waals surface area (Å²) in [7, 11) is 3.10. The van der Waals surface area contributed by atoms with E-state index in [2.05, 4.69) is 16.0 Å². The minimum Gasteiger partial charge on any atom is -0.476 e. The molecule has 0 unspecified atom stereocenters. The van der Waals surface area contributed by atoms with Gasteiger partial charge >= 0.3 is 30.2 Å². The van der Waals surface area contributed by atoms with Crippen LogP contribution < -0.4 is 31.2 Å². The summed E-state index contributed by atoms with van der Waals surface area (Å²) in [4.78, 5) is 87.6. The summed E-state index contributed by atoms with van der Waals surface area (Å²) in [6.45, 7) is 12.8. The number of hydrogen-bond acceptors (Lipinski definition) is 15. The normalized spacial score (nSPS) is 10.8. The summed E-state index contributed by atoms with van der Waals surface area (Å²) in [5.41, 5.74) is 5.20. The molecule has 0 aliphatic rings. The van der Waals surface area contributed by atoms with Crippen LogP contribution >= 0.6 is 35.6 Å². The zero-order chi connectivity index (χ0) is 57.2. The van der Waals surface area contributed by atoms with Gasteiger partial charge in [-0.3, -0.25) is 9.59 Å². The highest BCUT2D eigenvalue weighted by Crippen LogP contribution is 2.22. The molecule has 5 amide bonds. The first-order chi connectivity index (χ1) is 36.3. The fraction of sp³-hybridized carbons (Fsp3) is 0.446. The number of carbonyl (C=O) groups is 7. The molecular formula is C56H77Cl3N6O14. The first-order valence-corrected chi connectivity index (χ1v) is 25.4. The Balaban J connectivity index is 0.000000782. The maximum absolute atomic E-state index is 12.6. The smallest absolute Gasteiger partial charge is 0.412 e. The van der Waals surface area contributed by atoms with Gasteiger partial charge in [0, 0.05) is 68.0 Å². The van der Waals surface area contributed by atoms with Crippen LogP contribution in [0.3, 0.4) is 0 Å². The van der Waals surface area contributed by atoms with Crippen molar-refractivity contribution in [1.82, 2.24) is 25.8 Å². The Morgan fingerprint density at radius 1 is 0.519 bits per heavy atom. The Morgan fingerprint density at radius 3 is 1.24 bits per heavy atom. The fourth-order valence-electron chi connectivity index (χ4n) is 6.33. The van der Waals surface area contributed by atoms with E-state index < -0.39 is 60.6 Å². The summed E-state index contributed by atoms with van der Waals surface area (Å²) in [6.07, 6.45) is 0.521. The van der Waals surface area contributed by atoms with Crippen molar-refractivity contribution in [2.24, 2.45) is 5.73 Å². The van der Waals surface area contributed by atoms with E-state index >= 15 is 0 Å². The van der Waals surface area contributed by atoms with Crippen LogP contribution in [0, 0.1) is 0 Å². The second-order valence-electron chi connectivity index (χ2n) is 19.2. The number of nitrogens with zero attached hydrogens (tertiary/aromatic N) is 2. The average Bonchev–Trinajstić information content (AvgIpc) is 3.38. The Morgan fingerprint density at radius 2 is 0.886 bits per heavy atom. The topological polar surface area (TPSA) is 253 Å². The average molecular weight is 1160 g/mol. The predicted molar refractivity (Wildman–Crippen MR) is 304 cm³/mol. The van der Waals surface area contributed by atoms with Crippen molar-refractivity contribution in [2.75, 3.05) is 66.9 Å². The minimum absolute atomic E-state index is 0. The van der Waals surface area contributed by atoms with Gasteiger partial charge in [-0.2, -0.15) is 0 Å². The summed E-state index contributed by atoms with van der Waals surface area (Å²) in [5, 5.41) is 9.47. The maximum atomic E-state index is 12.6. The quantitative estimate of drug-likeness (QED) is 0.0209. The van der Waals surface area contributed by atoms with E-state index in [1.807, 2.05) is 24.3 Å². The third-order valence-electron chi connectivity index (χ3n) is 10.6. The predicted octanol–water partition coefficient (Wildman–Crippen LogP) is 9.40. The SMILES string of the molecule is C.CN(CCCN)C(=O)OCOC(=O)C(C)(C)Oc1ccc(CCNC(=O)c2ccc(Cl)cc2)cc1.CN(CCCNC(=O)OC(C)(C)C)C(=O)OCOC(=O)C(C)(C)Oc1ccc(CCNC(=O)c2ccc(Cl)cc2)cc1.Cl. The van der Waals surface area contributed by atoms with Crippen LogP contribution in [0.25, 0.3) is 0 Å². The summed E-state index contributed by atoms with van der Waals surface area (Å²) >= 11 is 11.7. The highest BCUT2D eigenvalue weighted by Gasteiger charge is 2.33. The van der Waals surface area contributed by atoms with E-state index in [-0.39, 0.29) is 31.6 Å². The zero-order valence-electron chi connectivity index (χ0n) is 45.6. The molecule has 0 saturated carbocycles. The third-order valence-corrected chi connectivity index (χ3v) is 11.1. The first kappa shape index (κ1) is 70.0. The van der Waals surface area contributed by atoms with Gasteiger partial charge in [0.05, 0.1) is 0 Å². The van der Waals surface area contributed by atoms with Crippen LogP contribution in [-0.4, -0.2) is 136 Å². The van der Waals surface area contributed by atoms with Gasteiger partial charge in [0.1, 0.15) is 17.1 Å². The number of ether oxygens (including phenoxy) is 7. The van der Waals surface area contributed by atoms with Gasteiger partial charge in [-0.1, -0.05) is 54.9 Å². The van der Waals surface area contributed by atoms with Gasteiger partial charge in [-0.25, -0.2) is 24.0 Å². The van der Waals surface area contributed by atoms with Gasteiger partial charge in [0.25, 0.3) is 11.8 Å². The second-order valence-corrected chi connectivity index (χ2v) is 20.1. The largest absolute Gasteiger partial charge is 0.476 e. The van der Waals surface area contributed by atoms with Crippen molar-refractivity contribution >= 4 is 77.6 Å². The molecule has 0 aromatic heterocycles. The van der Waals surface area contributed by atoms with Gasteiger partial charge < -0.3 is 64.6 Å². The number of alkyl carbamates (subject to hydrolysis) is 1. The van der Waals surface area contributed by atoms with Crippen molar-refractivity contribution in [1.29, 1.82) is 0 Å². The molecular weight excluding hydrogens is 1090 g/mol. The summed E-state index contributed by atoms with van der Waals surface area (Å²) < 4.78 is 36.8. The van der Waals surface area contributed by atoms with E-state index in [4.69, 9.17) is 62.1 Å². The van der Waals surface area contributed by atoms with Crippen LogP contribution in [0.1, 0.15) is 101 Å². The second kappa shape index (κ2) is 34.8. The van der Waals surface area contributed by atoms with Gasteiger partial charge in [0.2, 0.25) is 13.6 Å². The zero-order valence-corrected chi connectivity index (χ0v) is 47.9. The summed E-state index contributed by atoms with van der Waals surface area (Å²) in [6, 6.07) is 27.6. The van der Waals surface area contributed by atoms with Gasteiger partial charge in [-0.15, -0.1) is 12.4 Å². The van der Waals surface area contributed by atoms with Crippen molar-refractivity contribution in [3.63, 3.8) is 0 Å². The number of nitrogens with one attached hydrogen (secondary N) is 3. The molecule has 0 heterocycles. The molecule has 4 rings (SSSR count). The lowest BCUT2D eigenvalue weighted by atomic mass is 10.1. The Labute approximate surface area is 479 Å². The van der Waals surface area contributed by atoms with Crippen LogP contribution in [0.2, 0.25) is 10.0 Å². The molecule has 0 aliphatic heterocycles. The van der Waals surface area contributed by atoms with E-state index in [0.717, 1.165) is 11.1 Å². The van der Waals surface area contributed by atoms with E-state index in [0.29, 0.717) is 97.6 Å². The number of hydrogen-bond donors (Lipinski definition) is 4. The molecule has 0 bridgehead atoms. The van der Waals surface area contributed by atoms with E-state index in [1.165, 1.54) is 16.8 Å². The first-order valence-electron chi connectivity index (χ1n) is 24.7. The van der Waals surface area contributed by atoms with Crippen molar-refractivity contribution in [2.45, 2.75) is 98.4 Å². The molecule has 5 N–H and O–H groups in total. The molecule has 4 aromatic rings. The number of nitrogens with two attached hydrogens (primary N) is 1. The fourth-order valence-corrected chi connectivity index (χ4v) is 6.59. The number of esters is 2. The number of amides is 5. The van der Waals surface area contributed by atoms with Crippen LogP contribution in [0.5, 0.6) is 11.5 Å². The lowest BCUT2D eigenvalue weighted by Gasteiger charge is -2.24. The molecule has 20 nitrogen and oxygen atoms in total. The molecule has 0 fully saturated rings. The molecule has 0 aliphatic carbocycles. The lowest BCUT2D eigenvalue weighted by molar-refractivity contribution is -0.168. The molecule has 0 saturated heterocycles. The molecule has 4 aromatic carbocycles. The molecule has 0 spiro atoms. The monoisotopic (exact) mass is 1160 g/mol. The van der Waals surface area contributed by atoms with Crippen molar-refractivity contribution in [3.8, 4) is 11.5 Å². The van der Waals surface area contributed by atoms with Crippen LogP contribution in [0.15, 0.2) is 97.1 Å². The minimum atomic E-state index is -1.35. The van der Waals surface area contributed by atoms with Crippen LogP contribution in [-0.2, 0) is 46.1 Å². The highest BCUT2D eigenvalue weighted by atomic mass is 35.5. The number of benzene rings is 4. The Kier molecular flexibility index (Phi) is 30.8. The number of rotatable bonds is 25. The maximum Gasteiger partial charge on any atom is 0.412 e. The molecule has 0 atom stereocenters. The van der Waals surface area contributed by atoms with Crippen LogP contribution in [0.4, 0.5) is 14.4 Å². The number of carbonyl (C=O) groups excluding carboxylic acids is 7. The third kappa shape index (κ3) is 27.4. The molecule has 23 heteroatoms. The van der Waals surface area contributed by atoms with E-state index in [9.17, 15) is 33.6 Å². The number of halogens is 3. The Hall–Kier alpha value is -7.00. The van der Waals surface area contributed by atoms with Gasteiger partial charge in [-0.05, 0) is 165 Å².